The van der Waals surface area contributed by atoms with Gasteiger partial charge in [-0.05, 0) is 58.4 Å². The van der Waals surface area contributed by atoms with E-state index in [9.17, 15) is 14.3 Å². The summed E-state index contributed by atoms with van der Waals surface area (Å²) in [4.78, 5) is 15.6. The standard InChI is InChI=1S/C20H18N4O.C5H11NOS/c1-13(2)24-17-8-14(11-25)10-22-19(17)18(23-24)15-4-3-5-16(9-15)20(12-21)6-7-20;1-5(6-2)3-8(7)4-5/h3-5,8-11,13H,6-7H2,1-2H3;6H,3-4H2,1-2H3. The van der Waals surface area contributed by atoms with E-state index >= 15 is 0 Å². The molecule has 7 nitrogen and oxygen atoms in total. The Morgan fingerprint density at radius 2 is 2.00 bits per heavy atom. The number of fused-ring (bicyclic) bond motifs is 1. The first-order valence-corrected chi connectivity index (χ1v) is 12.6. The van der Waals surface area contributed by atoms with Gasteiger partial charge in [0.05, 0.1) is 17.0 Å². The van der Waals surface area contributed by atoms with Gasteiger partial charge in [-0.25, -0.2) is 0 Å². The molecule has 0 amide bonds. The fourth-order valence-corrected chi connectivity index (χ4v) is 5.68. The Bertz CT molecular complexity index is 1260. The normalized spacial score (nSPS) is 22.7. The summed E-state index contributed by atoms with van der Waals surface area (Å²) >= 11 is 0. The minimum Gasteiger partial charge on any atom is -0.313 e. The Morgan fingerprint density at radius 1 is 1.27 bits per heavy atom. The number of nitrogens with zero attached hydrogens (tertiary/aromatic N) is 4. The highest BCUT2D eigenvalue weighted by molar-refractivity contribution is 7.86. The Balaban J connectivity index is 0.000000275. The Morgan fingerprint density at radius 3 is 2.52 bits per heavy atom. The van der Waals surface area contributed by atoms with Crippen molar-refractivity contribution in [1.82, 2.24) is 20.1 Å². The first-order valence-electron chi connectivity index (χ1n) is 11.1. The molecule has 2 aromatic heterocycles. The van der Waals surface area contributed by atoms with Crippen molar-refractivity contribution in [2.75, 3.05) is 18.6 Å². The SMILES string of the molecule is CC(C)n1nc(-c2cccc(C3(C#N)CC3)c2)c2ncc(C=O)cc21.CNC1(C)CS(=O)C1. The maximum absolute atomic E-state index is 11.1. The van der Waals surface area contributed by atoms with Gasteiger partial charge in [0.1, 0.15) is 11.2 Å². The average Bonchev–Trinajstić information content (AvgIpc) is 3.52. The zero-order valence-electron chi connectivity index (χ0n) is 19.5. The van der Waals surface area contributed by atoms with E-state index < -0.39 is 10.8 Å². The van der Waals surface area contributed by atoms with Crippen LogP contribution in [0.3, 0.4) is 0 Å². The molecule has 2 aliphatic rings. The first kappa shape index (κ1) is 23.3. The largest absolute Gasteiger partial charge is 0.313 e. The fraction of sp³-hybridized carbons (Fsp3) is 0.440. The second kappa shape index (κ2) is 8.81. The van der Waals surface area contributed by atoms with Gasteiger partial charge in [-0.2, -0.15) is 10.4 Å². The summed E-state index contributed by atoms with van der Waals surface area (Å²) in [5.74, 6) is 1.65. The van der Waals surface area contributed by atoms with Crippen LogP contribution in [0.1, 0.15) is 55.6 Å². The van der Waals surface area contributed by atoms with Gasteiger partial charge in [-0.15, -0.1) is 0 Å². The van der Waals surface area contributed by atoms with Gasteiger partial charge >= 0.3 is 0 Å². The Labute approximate surface area is 196 Å². The highest BCUT2D eigenvalue weighted by Crippen LogP contribution is 2.48. The van der Waals surface area contributed by atoms with E-state index in [4.69, 9.17) is 5.10 Å². The quantitative estimate of drug-likeness (QED) is 0.578. The molecule has 1 saturated carbocycles. The number of benzene rings is 1. The zero-order valence-corrected chi connectivity index (χ0v) is 20.3. The maximum Gasteiger partial charge on any atom is 0.151 e. The summed E-state index contributed by atoms with van der Waals surface area (Å²) in [5.41, 5.74) is 4.81. The number of aldehydes is 1. The van der Waals surface area contributed by atoms with Crippen LogP contribution in [0.15, 0.2) is 36.5 Å². The molecule has 1 aliphatic carbocycles. The van der Waals surface area contributed by atoms with Crippen LogP contribution in [0, 0.1) is 11.3 Å². The van der Waals surface area contributed by atoms with Gasteiger partial charge in [0.15, 0.2) is 6.29 Å². The van der Waals surface area contributed by atoms with Gasteiger partial charge in [0, 0.05) is 51.2 Å². The molecule has 0 bridgehead atoms. The molecule has 0 radical (unpaired) electrons. The number of aromatic nitrogens is 3. The van der Waals surface area contributed by atoms with E-state index in [1.165, 1.54) is 0 Å². The molecule has 3 aromatic rings. The van der Waals surface area contributed by atoms with Gasteiger partial charge in [-0.1, -0.05) is 18.2 Å². The third-order valence-electron chi connectivity index (χ3n) is 6.41. The van der Waals surface area contributed by atoms with Crippen LogP contribution >= 0.6 is 0 Å². The van der Waals surface area contributed by atoms with Gasteiger partial charge in [0.25, 0.3) is 0 Å². The summed E-state index contributed by atoms with van der Waals surface area (Å²) in [5, 5.41) is 17.3. The van der Waals surface area contributed by atoms with Gasteiger partial charge in [0.2, 0.25) is 0 Å². The van der Waals surface area contributed by atoms with Crippen molar-refractivity contribution < 1.29 is 9.00 Å². The number of hydrogen-bond acceptors (Lipinski definition) is 6. The molecule has 1 N–H and O–H groups in total. The minimum absolute atomic E-state index is 0.150. The topological polar surface area (TPSA) is 101 Å². The lowest BCUT2D eigenvalue weighted by Gasteiger charge is -2.36. The van der Waals surface area contributed by atoms with Crippen molar-refractivity contribution in [2.45, 2.75) is 50.6 Å². The lowest BCUT2D eigenvalue weighted by molar-refractivity contribution is 0.112. The molecule has 1 aromatic carbocycles. The number of rotatable bonds is 5. The van der Waals surface area contributed by atoms with Crippen molar-refractivity contribution in [3.8, 4) is 17.3 Å². The molecular weight excluding hydrogens is 434 g/mol. The second-order valence-corrected chi connectivity index (χ2v) is 10.9. The maximum atomic E-state index is 11.1. The fourth-order valence-electron chi connectivity index (χ4n) is 4.05. The van der Waals surface area contributed by atoms with Gasteiger partial charge in [-0.3, -0.25) is 18.7 Å². The number of carbonyl (C=O) groups is 1. The molecule has 3 heterocycles. The molecule has 0 atom stereocenters. The van der Waals surface area contributed by atoms with E-state index in [0.717, 1.165) is 58.5 Å². The summed E-state index contributed by atoms with van der Waals surface area (Å²) in [6.45, 7) is 6.19. The van der Waals surface area contributed by atoms with Crippen LogP contribution in [-0.4, -0.2) is 49.4 Å². The molecule has 33 heavy (non-hydrogen) atoms. The number of nitriles is 1. The van der Waals surface area contributed by atoms with Gasteiger partial charge < -0.3 is 5.32 Å². The molecular formula is C25H29N5O2S. The lowest BCUT2D eigenvalue weighted by Crippen LogP contribution is -2.58. The van der Waals surface area contributed by atoms with Crippen LogP contribution < -0.4 is 5.32 Å². The van der Waals surface area contributed by atoms with Crippen LogP contribution in [0.25, 0.3) is 22.3 Å². The van der Waals surface area contributed by atoms with E-state index in [-0.39, 0.29) is 17.0 Å². The van der Waals surface area contributed by atoms with Crippen LogP contribution in [-0.2, 0) is 16.2 Å². The van der Waals surface area contributed by atoms with Crippen LogP contribution in [0.2, 0.25) is 0 Å². The Hall–Kier alpha value is -2.89. The highest BCUT2D eigenvalue weighted by Gasteiger charge is 2.45. The number of nitrogens with one attached hydrogen (secondary N) is 1. The second-order valence-electron chi connectivity index (χ2n) is 9.46. The molecule has 1 saturated heterocycles. The molecule has 8 heteroatoms. The third kappa shape index (κ3) is 4.48. The molecule has 1 aliphatic heterocycles. The van der Waals surface area contributed by atoms with Crippen molar-refractivity contribution in [1.29, 1.82) is 5.26 Å². The monoisotopic (exact) mass is 463 g/mol. The van der Waals surface area contributed by atoms with E-state index in [2.05, 4.69) is 43.2 Å². The lowest BCUT2D eigenvalue weighted by atomic mass is 9.95. The third-order valence-corrected chi connectivity index (χ3v) is 8.33. The van der Waals surface area contributed by atoms with Crippen molar-refractivity contribution >= 4 is 28.1 Å². The minimum atomic E-state index is -0.524. The molecule has 0 spiro atoms. The summed E-state index contributed by atoms with van der Waals surface area (Å²) in [6.07, 6.45) is 4.20. The van der Waals surface area contributed by atoms with Crippen molar-refractivity contribution in [3.63, 3.8) is 0 Å². The van der Waals surface area contributed by atoms with Crippen LogP contribution in [0.4, 0.5) is 0 Å². The smallest absolute Gasteiger partial charge is 0.151 e. The Kier molecular flexibility index (Phi) is 6.21. The molecule has 5 rings (SSSR count). The number of pyridine rings is 1. The molecule has 172 valence electrons. The average molecular weight is 464 g/mol. The summed E-state index contributed by atoms with van der Waals surface area (Å²) in [6, 6.07) is 12.5. The number of carbonyl (C=O) groups excluding carboxylic acids is 1. The van der Waals surface area contributed by atoms with Crippen molar-refractivity contribution in [3.05, 3.63) is 47.7 Å². The summed E-state index contributed by atoms with van der Waals surface area (Å²) in [7, 11) is 1.39. The molecule has 0 unspecified atom stereocenters. The highest BCUT2D eigenvalue weighted by atomic mass is 32.2. The van der Waals surface area contributed by atoms with E-state index in [0.29, 0.717) is 5.56 Å². The van der Waals surface area contributed by atoms with Crippen molar-refractivity contribution in [2.24, 2.45) is 0 Å². The molecule has 2 fully saturated rings. The number of hydrogen-bond donors (Lipinski definition) is 1. The zero-order chi connectivity index (χ0) is 23.8. The summed E-state index contributed by atoms with van der Waals surface area (Å²) < 4.78 is 12.4. The predicted octanol–water partition coefficient (Wildman–Crippen LogP) is 3.77. The first-order chi connectivity index (χ1) is 15.7. The van der Waals surface area contributed by atoms with Crippen LogP contribution in [0.5, 0.6) is 0 Å². The van der Waals surface area contributed by atoms with E-state index in [1.54, 1.807) is 6.20 Å². The predicted molar refractivity (Wildman–Crippen MR) is 131 cm³/mol. The van der Waals surface area contributed by atoms with E-state index in [1.807, 2.05) is 36.0 Å².